The highest BCUT2D eigenvalue weighted by molar-refractivity contribution is 6.06. The van der Waals surface area contributed by atoms with Crippen LogP contribution in [0.25, 0.3) is 0 Å². The van der Waals surface area contributed by atoms with Crippen LogP contribution in [0.5, 0.6) is 11.5 Å². The molecule has 0 bridgehead atoms. The molecule has 1 heterocycles. The molecule has 1 N–H and O–H groups in total. The Kier molecular flexibility index (Phi) is 6.11. The fourth-order valence-electron chi connectivity index (χ4n) is 2.91. The number of hydrogen-bond donors (Lipinski definition) is 1. The predicted molar refractivity (Wildman–Crippen MR) is 111 cm³/mol. The molecule has 0 saturated heterocycles. The first-order valence-corrected chi connectivity index (χ1v) is 8.97. The number of benzene rings is 2. The zero-order valence-electron chi connectivity index (χ0n) is 16.2. The minimum atomic E-state index is -0.0999. The van der Waals surface area contributed by atoms with E-state index in [-0.39, 0.29) is 5.91 Å². The molecule has 0 fully saturated rings. The summed E-state index contributed by atoms with van der Waals surface area (Å²) >= 11 is 0. The van der Waals surface area contributed by atoms with Crippen molar-refractivity contribution in [3.63, 3.8) is 0 Å². The van der Waals surface area contributed by atoms with Gasteiger partial charge in [-0.15, -0.1) is 0 Å². The van der Waals surface area contributed by atoms with Crippen molar-refractivity contribution in [2.24, 2.45) is 0 Å². The van der Waals surface area contributed by atoms with Crippen molar-refractivity contribution in [1.29, 1.82) is 0 Å². The standard InChI is InChI=1S/C22H23N3O3/c1-4-25(19-8-6-5-7-9-19)22(26)16-12-18(15-23-14-16)24-17-10-11-20(27-2)21(13-17)28-3/h5-15,24H,4H2,1-3H3. The van der Waals surface area contributed by atoms with Gasteiger partial charge in [-0.2, -0.15) is 0 Å². The minimum Gasteiger partial charge on any atom is -0.493 e. The Morgan fingerprint density at radius 3 is 2.39 bits per heavy atom. The van der Waals surface area contributed by atoms with Crippen LogP contribution in [0, 0.1) is 0 Å². The maximum Gasteiger partial charge on any atom is 0.259 e. The Balaban J connectivity index is 1.83. The summed E-state index contributed by atoms with van der Waals surface area (Å²) in [6, 6.07) is 16.9. The summed E-state index contributed by atoms with van der Waals surface area (Å²) in [6.45, 7) is 2.51. The molecule has 0 aliphatic rings. The van der Waals surface area contributed by atoms with Gasteiger partial charge in [-0.05, 0) is 37.3 Å². The second-order valence-electron chi connectivity index (χ2n) is 6.04. The van der Waals surface area contributed by atoms with Gasteiger partial charge >= 0.3 is 0 Å². The van der Waals surface area contributed by atoms with Crippen molar-refractivity contribution < 1.29 is 14.3 Å². The van der Waals surface area contributed by atoms with Gasteiger partial charge in [0.05, 0.1) is 31.7 Å². The number of para-hydroxylation sites is 1. The monoisotopic (exact) mass is 377 g/mol. The molecule has 6 nitrogen and oxygen atoms in total. The summed E-state index contributed by atoms with van der Waals surface area (Å²) in [5.74, 6) is 1.17. The van der Waals surface area contributed by atoms with Crippen molar-refractivity contribution in [3.05, 3.63) is 72.6 Å². The molecule has 0 radical (unpaired) electrons. The molecule has 28 heavy (non-hydrogen) atoms. The van der Waals surface area contributed by atoms with Gasteiger partial charge in [0.2, 0.25) is 0 Å². The van der Waals surface area contributed by atoms with Crippen LogP contribution in [-0.4, -0.2) is 31.7 Å². The number of anilines is 3. The second-order valence-corrected chi connectivity index (χ2v) is 6.04. The molecular formula is C22H23N3O3. The molecule has 144 valence electrons. The van der Waals surface area contributed by atoms with Crippen LogP contribution in [0.3, 0.4) is 0 Å². The minimum absolute atomic E-state index is 0.0999. The molecule has 3 rings (SSSR count). The number of aromatic nitrogens is 1. The number of methoxy groups -OCH3 is 2. The van der Waals surface area contributed by atoms with E-state index in [9.17, 15) is 4.79 Å². The molecule has 3 aromatic rings. The topological polar surface area (TPSA) is 63.7 Å². The third-order valence-corrected chi connectivity index (χ3v) is 4.29. The van der Waals surface area contributed by atoms with Gasteiger partial charge < -0.3 is 19.7 Å². The number of hydrogen-bond acceptors (Lipinski definition) is 5. The first kappa shape index (κ1) is 19.2. The fourth-order valence-corrected chi connectivity index (χ4v) is 2.91. The molecule has 2 aromatic carbocycles. The van der Waals surface area contributed by atoms with Gasteiger partial charge in [0, 0.05) is 30.2 Å². The molecule has 0 atom stereocenters. The third kappa shape index (κ3) is 4.23. The van der Waals surface area contributed by atoms with E-state index in [0.29, 0.717) is 29.3 Å². The summed E-state index contributed by atoms with van der Waals surface area (Å²) in [5, 5.41) is 3.25. The predicted octanol–water partition coefficient (Wildman–Crippen LogP) is 4.51. The summed E-state index contributed by atoms with van der Waals surface area (Å²) in [4.78, 5) is 18.9. The van der Waals surface area contributed by atoms with Crippen LogP contribution >= 0.6 is 0 Å². The van der Waals surface area contributed by atoms with E-state index < -0.39 is 0 Å². The molecule has 0 aliphatic heterocycles. The zero-order valence-corrected chi connectivity index (χ0v) is 16.2. The van der Waals surface area contributed by atoms with E-state index >= 15 is 0 Å². The van der Waals surface area contributed by atoms with Crippen molar-refractivity contribution in [3.8, 4) is 11.5 Å². The number of pyridine rings is 1. The number of rotatable bonds is 7. The first-order chi connectivity index (χ1) is 13.7. The van der Waals surface area contributed by atoms with Gasteiger partial charge in [0.15, 0.2) is 11.5 Å². The number of carbonyl (C=O) groups excluding carboxylic acids is 1. The van der Waals surface area contributed by atoms with E-state index in [1.165, 1.54) is 0 Å². The SMILES string of the molecule is CCN(C(=O)c1cncc(Nc2ccc(OC)c(OC)c2)c1)c1ccccc1. The smallest absolute Gasteiger partial charge is 0.259 e. The van der Waals surface area contributed by atoms with Gasteiger partial charge in [0.1, 0.15) is 0 Å². The molecule has 0 unspecified atom stereocenters. The Labute approximate surface area is 164 Å². The van der Waals surface area contributed by atoms with Crippen molar-refractivity contribution in [1.82, 2.24) is 4.98 Å². The van der Waals surface area contributed by atoms with Crippen LogP contribution in [0.15, 0.2) is 67.0 Å². The first-order valence-electron chi connectivity index (χ1n) is 8.97. The number of amides is 1. The van der Waals surface area contributed by atoms with Gasteiger partial charge in [-0.3, -0.25) is 9.78 Å². The maximum atomic E-state index is 13.0. The van der Waals surface area contributed by atoms with E-state index in [2.05, 4.69) is 10.3 Å². The molecule has 1 amide bonds. The van der Waals surface area contributed by atoms with E-state index in [0.717, 1.165) is 11.4 Å². The van der Waals surface area contributed by atoms with Crippen LogP contribution in [0.4, 0.5) is 17.1 Å². The van der Waals surface area contributed by atoms with Gasteiger partial charge in [-0.25, -0.2) is 0 Å². The zero-order chi connectivity index (χ0) is 19.9. The Morgan fingerprint density at radius 1 is 0.964 bits per heavy atom. The summed E-state index contributed by atoms with van der Waals surface area (Å²) in [5.41, 5.74) is 2.88. The number of nitrogens with one attached hydrogen (secondary N) is 1. The molecular weight excluding hydrogens is 354 g/mol. The van der Waals surface area contributed by atoms with Crippen LogP contribution in [0.1, 0.15) is 17.3 Å². The lowest BCUT2D eigenvalue weighted by atomic mass is 10.2. The normalized spacial score (nSPS) is 10.2. The fraction of sp³-hybridized carbons (Fsp3) is 0.182. The van der Waals surface area contributed by atoms with Gasteiger partial charge in [0.25, 0.3) is 5.91 Å². The summed E-state index contributed by atoms with van der Waals surface area (Å²) < 4.78 is 10.6. The average Bonchev–Trinajstić information content (AvgIpc) is 2.75. The highest BCUT2D eigenvalue weighted by Gasteiger charge is 2.17. The lowest BCUT2D eigenvalue weighted by molar-refractivity contribution is 0.0988. The summed E-state index contributed by atoms with van der Waals surface area (Å²) in [7, 11) is 3.18. The van der Waals surface area contributed by atoms with Crippen molar-refractivity contribution in [2.45, 2.75) is 6.92 Å². The Hall–Kier alpha value is -3.54. The highest BCUT2D eigenvalue weighted by Crippen LogP contribution is 2.31. The average molecular weight is 377 g/mol. The van der Waals surface area contributed by atoms with Gasteiger partial charge in [-0.1, -0.05) is 18.2 Å². The van der Waals surface area contributed by atoms with Crippen LogP contribution < -0.4 is 19.7 Å². The number of nitrogens with zero attached hydrogens (tertiary/aromatic N) is 2. The third-order valence-electron chi connectivity index (χ3n) is 4.29. The Bertz CT molecular complexity index is 945. The number of ether oxygens (including phenoxy) is 2. The lowest BCUT2D eigenvalue weighted by Crippen LogP contribution is -2.30. The highest BCUT2D eigenvalue weighted by atomic mass is 16.5. The van der Waals surface area contributed by atoms with Crippen LogP contribution in [0.2, 0.25) is 0 Å². The molecule has 6 heteroatoms. The van der Waals surface area contributed by atoms with Crippen LogP contribution in [-0.2, 0) is 0 Å². The molecule has 0 spiro atoms. The van der Waals surface area contributed by atoms with E-state index in [1.54, 1.807) is 37.6 Å². The molecule has 1 aromatic heterocycles. The summed E-state index contributed by atoms with van der Waals surface area (Å²) in [6.07, 6.45) is 3.25. The second kappa shape index (κ2) is 8.90. The Morgan fingerprint density at radius 2 is 1.71 bits per heavy atom. The quantitative estimate of drug-likeness (QED) is 0.656. The largest absolute Gasteiger partial charge is 0.493 e. The molecule has 0 aliphatic carbocycles. The number of carbonyl (C=O) groups is 1. The van der Waals surface area contributed by atoms with Crippen molar-refractivity contribution in [2.75, 3.05) is 31.0 Å². The molecule has 0 saturated carbocycles. The lowest BCUT2D eigenvalue weighted by Gasteiger charge is -2.21. The van der Waals surface area contributed by atoms with E-state index in [4.69, 9.17) is 9.47 Å². The van der Waals surface area contributed by atoms with Crippen molar-refractivity contribution >= 4 is 23.0 Å². The van der Waals surface area contributed by atoms with E-state index in [1.807, 2.05) is 55.5 Å². The maximum absolute atomic E-state index is 13.0.